The number of amides is 1. The number of para-hydroxylation sites is 1. The Kier molecular flexibility index (Phi) is 5.37. The van der Waals surface area contributed by atoms with Gasteiger partial charge in [-0.25, -0.2) is 8.42 Å². The number of ether oxygens (including phenoxy) is 1. The quantitative estimate of drug-likeness (QED) is 0.782. The Bertz CT molecular complexity index is 1040. The van der Waals surface area contributed by atoms with Gasteiger partial charge in [-0.15, -0.1) is 0 Å². The Hall–Kier alpha value is -2.72. The zero-order valence-corrected chi connectivity index (χ0v) is 17.5. The summed E-state index contributed by atoms with van der Waals surface area (Å²) in [5.74, 6) is -0.0617. The SMILES string of the molecule is CC(=O)CN1CC2(CCN(C(=O)c3ccn[nH]3)CC2)COc2ccccc2S1(=O)=O. The van der Waals surface area contributed by atoms with Crippen molar-refractivity contribution in [2.75, 3.05) is 32.8 Å². The second kappa shape index (κ2) is 7.84. The van der Waals surface area contributed by atoms with Crippen LogP contribution < -0.4 is 4.74 Å². The Balaban J connectivity index is 1.60. The van der Waals surface area contributed by atoms with Crippen molar-refractivity contribution in [1.29, 1.82) is 0 Å². The van der Waals surface area contributed by atoms with Crippen molar-refractivity contribution in [2.45, 2.75) is 24.7 Å². The number of carbonyl (C=O) groups is 2. The number of nitrogens with one attached hydrogen (secondary N) is 1. The first kappa shape index (κ1) is 20.5. The molecule has 3 heterocycles. The number of nitrogens with zero attached hydrogens (tertiary/aromatic N) is 3. The highest BCUT2D eigenvalue weighted by Crippen LogP contribution is 2.39. The van der Waals surface area contributed by atoms with Gasteiger partial charge in [0.15, 0.2) is 0 Å². The lowest BCUT2D eigenvalue weighted by Crippen LogP contribution is -2.53. The summed E-state index contributed by atoms with van der Waals surface area (Å²) in [5.41, 5.74) is -0.0598. The third-order valence-electron chi connectivity index (χ3n) is 5.75. The van der Waals surface area contributed by atoms with Gasteiger partial charge < -0.3 is 9.64 Å². The van der Waals surface area contributed by atoms with Crippen LogP contribution in [0.3, 0.4) is 0 Å². The molecular weight excluding hydrogens is 408 g/mol. The molecule has 0 atom stereocenters. The second-order valence-electron chi connectivity index (χ2n) is 7.97. The number of aromatic amines is 1. The molecule has 0 unspecified atom stereocenters. The van der Waals surface area contributed by atoms with Crippen LogP contribution in [0.1, 0.15) is 30.3 Å². The zero-order chi connectivity index (χ0) is 21.4. The molecule has 160 valence electrons. The van der Waals surface area contributed by atoms with Crippen LogP contribution in [0.25, 0.3) is 0 Å². The molecule has 9 nitrogen and oxygen atoms in total. The Morgan fingerprint density at radius 2 is 1.93 bits per heavy atom. The number of sulfonamides is 1. The molecule has 10 heteroatoms. The minimum Gasteiger partial charge on any atom is -0.492 e. The molecule has 0 saturated carbocycles. The standard InChI is InChI=1S/C20H24N4O5S/c1-15(25)12-24-13-20(14-29-17-4-2-3-5-18(17)30(24,27)28)7-10-23(11-8-20)19(26)16-6-9-21-22-16/h2-6,9H,7-8,10-14H2,1H3,(H,21,22). The Labute approximate surface area is 175 Å². The van der Waals surface area contributed by atoms with E-state index in [4.69, 9.17) is 4.74 Å². The smallest absolute Gasteiger partial charge is 0.271 e. The van der Waals surface area contributed by atoms with E-state index in [1.807, 2.05) is 0 Å². The summed E-state index contributed by atoms with van der Waals surface area (Å²) in [5, 5.41) is 6.50. The third-order valence-corrected chi connectivity index (χ3v) is 7.59. The van der Waals surface area contributed by atoms with Crippen molar-refractivity contribution in [3.63, 3.8) is 0 Å². The normalized spacial score (nSPS) is 20.6. The predicted molar refractivity (Wildman–Crippen MR) is 108 cm³/mol. The van der Waals surface area contributed by atoms with Gasteiger partial charge in [0.2, 0.25) is 10.0 Å². The molecule has 1 saturated heterocycles. The molecule has 2 aliphatic rings. The first-order valence-corrected chi connectivity index (χ1v) is 11.2. The molecule has 0 bridgehead atoms. The molecule has 1 fully saturated rings. The van der Waals surface area contributed by atoms with Crippen molar-refractivity contribution in [1.82, 2.24) is 19.4 Å². The van der Waals surface area contributed by atoms with E-state index in [1.54, 1.807) is 29.2 Å². The van der Waals surface area contributed by atoms with E-state index in [2.05, 4.69) is 10.2 Å². The van der Waals surface area contributed by atoms with Crippen LogP contribution in [0, 0.1) is 5.41 Å². The summed E-state index contributed by atoms with van der Waals surface area (Å²) in [6, 6.07) is 8.13. The van der Waals surface area contributed by atoms with Crippen LogP contribution in [0.2, 0.25) is 0 Å². The van der Waals surface area contributed by atoms with E-state index in [-0.39, 0.29) is 29.7 Å². The van der Waals surface area contributed by atoms with E-state index >= 15 is 0 Å². The average molecular weight is 433 g/mol. The number of likely N-dealkylation sites (tertiary alicyclic amines) is 1. The van der Waals surface area contributed by atoms with E-state index in [9.17, 15) is 18.0 Å². The number of hydrogen-bond acceptors (Lipinski definition) is 6. The predicted octanol–water partition coefficient (Wildman–Crippen LogP) is 1.30. The molecule has 1 N–H and O–H groups in total. The minimum absolute atomic E-state index is 0.0768. The summed E-state index contributed by atoms with van der Waals surface area (Å²) in [4.78, 5) is 26.3. The lowest BCUT2D eigenvalue weighted by atomic mass is 9.78. The molecular formula is C20H24N4O5S. The second-order valence-corrected chi connectivity index (χ2v) is 9.88. The minimum atomic E-state index is -3.88. The van der Waals surface area contributed by atoms with E-state index in [1.165, 1.54) is 23.5 Å². The molecule has 0 aliphatic carbocycles. The molecule has 2 aromatic rings. The first-order chi connectivity index (χ1) is 14.3. The zero-order valence-electron chi connectivity index (χ0n) is 16.7. The van der Waals surface area contributed by atoms with Crippen molar-refractivity contribution in [2.24, 2.45) is 5.41 Å². The molecule has 0 radical (unpaired) electrons. The third kappa shape index (κ3) is 3.84. The number of aromatic nitrogens is 2. The van der Waals surface area contributed by atoms with Gasteiger partial charge in [0.05, 0.1) is 13.2 Å². The monoisotopic (exact) mass is 432 g/mol. The number of rotatable bonds is 3. The highest BCUT2D eigenvalue weighted by Gasteiger charge is 2.43. The number of piperidine rings is 1. The summed E-state index contributed by atoms with van der Waals surface area (Å²) in [6.45, 7) is 2.63. The van der Waals surface area contributed by atoms with Gasteiger partial charge in [-0.2, -0.15) is 9.40 Å². The molecule has 1 aromatic heterocycles. The summed E-state index contributed by atoms with van der Waals surface area (Å²) in [7, 11) is -3.88. The van der Waals surface area contributed by atoms with Crippen molar-refractivity contribution < 1.29 is 22.7 Å². The summed E-state index contributed by atoms with van der Waals surface area (Å²) in [6.07, 6.45) is 2.67. The maximum atomic E-state index is 13.3. The topological polar surface area (TPSA) is 113 Å². The Morgan fingerprint density at radius 3 is 2.60 bits per heavy atom. The van der Waals surface area contributed by atoms with E-state index in [0.29, 0.717) is 44.0 Å². The fourth-order valence-electron chi connectivity index (χ4n) is 4.08. The summed E-state index contributed by atoms with van der Waals surface area (Å²) >= 11 is 0. The fraction of sp³-hybridized carbons (Fsp3) is 0.450. The molecule has 1 aromatic carbocycles. The van der Waals surface area contributed by atoms with Gasteiger partial charge in [-0.1, -0.05) is 12.1 Å². The number of hydrogen-bond donors (Lipinski definition) is 1. The maximum Gasteiger partial charge on any atom is 0.271 e. The Morgan fingerprint density at radius 1 is 1.20 bits per heavy atom. The molecule has 1 spiro atoms. The molecule has 30 heavy (non-hydrogen) atoms. The van der Waals surface area contributed by atoms with Crippen molar-refractivity contribution in [3.05, 3.63) is 42.2 Å². The number of H-pyrrole nitrogens is 1. The number of Topliss-reactive ketones (excluding diaryl/α,β-unsaturated/α-hetero) is 1. The lowest BCUT2D eigenvalue weighted by Gasteiger charge is -2.44. The van der Waals surface area contributed by atoms with Crippen LogP contribution >= 0.6 is 0 Å². The lowest BCUT2D eigenvalue weighted by molar-refractivity contribution is -0.117. The molecule has 4 rings (SSSR count). The number of carbonyl (C=O) groups excluding carboxylic acids is 2. The number of benzene rings is 1. The average Bonchev–Trinajstić information content (AvgIpc) is 3.26. The van der Waals surface area contributed by atoms with Crippen LogP contribution in [-0.4, -0.2) is 72.3 Å². The van der Waals surface area contributed by atoms with Gasteiger partial charge in [-0.05, 0) is 38.0 Å². The van der Waals surface area contributed by atoms with Crippen LogP contribution in [0.4, 0.5) is 0 Å². The maximum absolute atomic E-state index is 13.3. The van der Waals surface area contributed by atoms with Gasteiger partial charge in [0.25, 0.3) is 5.91 Å². The number of ketones is 1. The summed E-state index contributed by atoms with van der Waals surface area (Å²) < 4.78 is 33.8. The number of fused-ring (bicyclic) bond motifs is 1. The molecule has 1 amide bonds. The van der Waals surface area contributed by atoms with Gasteiger partial charge >= 0.3 is 0 Å². The first-order valence-electron chi connectivity index (χ1n) is 9.81. The van der Waals surface area contributed by atoms with Gasteiger partial charge in [-0.3, -0.25) is 14.7 Å². The van der Waals surface area contributed by atoms with Gasteiger partial charge in [0, 0.05) is 31.2 Å². The molecule has 2 aliphatic heterocycles. The van der Waals surface area contributed by atoms with E-state index in [0.717, 1.165) is 0 Å². The van der Waals surface area contributed by atoms with E-state index < -0.39 is 15.4 Å². The van der Waals surface area contributed by atoms with Crippen LogP contribution in [0.5, 0.6) is 5.75 Å². The van der Waals surface area contributed by atoms with Gasteiger partial charge in [0.1, 0.15) is 22.1 Å². The fourth-order valence-corrected chi connectivity index (χ4v) is 5.78. The highest BCUT2D eigenvalue weighted by atomic mass is 32.2. The van der Waals surface area contributed by atoms with Crippen LogP contribution in [0.15, 0.2) is 41.4 Å². The largest absolute Gasteiger partial charge is 0.492 e. The van der Waals surface area contributed by atoms with Crippen molar-refractivity contribution >= 4 is 21.7 Å². The highest BCUT2D eigenvalue weighted by molar-refractivity contribution is 7.89. The van der Waals surface area contributed by atoms with Crippen molar-refractivity contribution in [3.8, 4) is 5.75 Å². The van der Waals surface area contributed by atoms with Crippen LogP contribution in [-0.2, 0) is 14.8 Å².